The van der Waals surface area contributed by atoms with Crippen molar-refractivity contribution >= 4 is 27.3 Å². The number of hydrogen-bond acceptors (Lipinski definition) is 5. The van der Waals surface area contributed by atoms with Gasteiger partial charge < -0.3 is 10.1 Å². The molecule has 1 aromatic heterocycles. The third-order valence-corrected chi connectivity index (χ3v) is 6.46. The fourth-order valence-corrected chi connectivity index (χ4v) is 4.06. The number of methoxy groups -OCH3 is 1. The maximum absolute atomic E-state index is 13.0. The number of nitrogens with one attached hydrogen (secondary N) is 2. The lowest BCUT2D eigenvalue weighted by molar-refractivity contribution is 0.102. The van der Waals surface area contributed by atoms with Crippen molar-refractivity contribution < 1.29 is 17.9 Å². The zero-order valence-corrected chi connectivity index (χ0v) is 19.5. The summed E-state index contributed by atoms with van der Waals surface area (Å²) in [5.74, 6) is -0.0837. The van der Waals surface area contributed by atoms with E-state index in [9.17, 15) is 13.2 Å². The molecule has 2 N–H and O–H groups in total. The SMILES string of the molecule is CCS(=O)(=O)Nc1ccc(NC(=O)c2cccc(-n3nccc3-c3ccccc3)c2)cc1OC. The molecule has 0 saturated heterocycles. The number of carbonyl (C=O) groups excluding carboxylic acids is 1. The molecular formula is C25H24N4O4S. The number of aromatic nitrogens is 2. The second kappa shape index (κ2) is 9.80. The molecule has 0 fully saturated rings. The summed E-state index contributed by atoms with van der Waals surface area (Å²) in [6.07, 6.45) is 1.72. The number of anilines is 2. The van der Waals surface area contributed by atoms with Gasteiger partial charge in [0.2, 0.25) is 10.0 Å². The Morgan fingerprint density at radius 3 is 2.53 bits per heavy atom. The van der Waals surface area contributed by atoms with Gasteiger partial charge in [0.15, 0.2) is 0 Å². The number of sulfonamides is 1. The number of amides is 1. The average molecular weight is 477 g/mol. The highest BCUT2D eigenvalue weighted by molar-refractivity contribution is 7.92. The fourth-order valence-electron chi connectivity index (χ4n) is 3.41. The van der Waals surface area contributed by atoms with Crippen LogP contribution in [0.15, 0.2) is 85.1 Å². The fraction of sp³-hybridized carbons (Fsp3) is 0.120. The molecule has 0 unspecified atom stereocenters. The van der Waals surface area contributed by atoms with Crippen LogP contribution in [0.5, 0.6) is 5.75 Å². The second-order valence-corrected chi connectivity index (χ2v) is 9.43. The van der Waals surface area contributed by atoms with Gasteiger partial charge in [0.1, 0.15) is 5.75 Å². The molecule has 9 heteroatoms. The van der Waals surface area contributed by atoms with Crippen molar-refractivity contribution in [2.45, 2.75) is 6.92 Å². The van der Waals surface area contributed by atoms with Gasteiger partial charge in [-0.1, -0.05) is 36.4 Å². The van der Waals surface area contributed by atoms with E-state index in [0.717, 1.165) is 16.9 Å². The Labute approximate surface area is 198 Å². The summed E-state index contributed by atoms with van der Waals surface area (Å²) in [5.41, 5.74) is 3.89. The third kappa shape index (κ3) is 5.10. The molecule has 0 aliphatic heterocycles. The van der Waals surface area contributed by atoms with E-state index in [-0.39, 0.29) is 11.7 Å². The molecule has 1 heterocycles. The average Bonchev–Trinajstić information content (AvgIpc) is 3.35. The van der Waals surface area contributed by atoms with Crippen molar-refractivity contribution in [3.63, 3.8) is 0 Å². The van der Waals surface area contributed by atoms with Gasteiger partial charge >= 0.3 is 0 Å². The highest BCUT2D eigenvalue weighted by Crippen LogP contribution is 2.29. The summed E-state index contributed by atoms with van der Waals surface area (Å²) in [7, 11) is -2.03. The summed E-state index contributed by atoms with van der Waals surface area (Å²) in [6.45, 7) is 1.55. The number of carbonyl (C=O) groups is 1. The minimum Gasteiger partial charge on any atom is -0.494 e. The molecule has 0 atom stereocenters. The molecule has 174 valence electrons. The van der Waals surface area contributed by atoms with Crippen LogP contribution in [0.25, 0.3) is 16.9 Å². The molecule has 0 bridgehead atoms. The third-order valence-electron chi connectivity index (χ3n) is 5.17. The molecule has 0 radical (unpaired) electrons. The highest BCUT2D eigenvalue weighted by atomic mass is 32.2. The van der Waals surface area contributed by atoms with Gasteiger partial charge in [-0.3, -0.25) is 9.52 Å². The Morgan fingerprint density at radius 2 is 1.79 bits per heavy atom. The highest BCUT2D eigenvalue weighted by Gasteiger charge is 2.14. The molecule has 4 rings (SSSR count). The first-order chi connectivity index (χ1) is 16.4. The predicted octanol–water partition coefficient (Wildman–Crippen LogP) is 4.56. The largest absolute Gasteiger partial charge is 0.494 e. The van der Waals surface area contributed by atoms with E-state index < -0.39 is 10.0 Å². The summed E-state index contributed by atoms with van der Waals surface area (Å²) >= 11 is 0. The van der Waals surface area contributed by atoms with E-state index in [0.29, 0.717) is 22.7 Å². The van der Waals surface area contributed by atoms with Crippen LogP contribution < -0.4 is 14.8 Å². The van der Waals surface area contributed by atoms with Crippen molar-refractivity contribution in [1.82, 2.24) is 9.78 Å². The van der Waals surface area contributed by atoms with Crippen molar-refractivity contribution in [3.8, 4) is 22.7 Å². The lowest BCUT2D eigenvalue weighted by Gasteiger charge is -2.13. The quantitative estimate of drug-likeness (QED) is 0.388. The minimum atomic E-state index is -3.46. The zero-order chi connectivity index (χ0) is 24.1. The molecule has 0 aliphatic carbocycles. The molecular weight excluding hydrogens is 452 g/mol. The lowest BCUT2D eigenvalue weighted by Crippen LogP contribution is -2.16. The smallest absolute Gasteiger partial charge is 0.255 e. The standard InChI is InChI=1S/C25H24N4O4S/c1-3-34(31,32)28-22-13-12-20(17-24(22)33-2)27-25(30)19-10-7-11-21(16-19)29-23(14-15-26-29)18-8-5-4-6-9-18/h4-17,28H,3H2,1-2H3,(H,27,30). The molecule has 0 spiro atoms. The molecule has 0 saturated carbocycles. The van der Waals surface area contributed by atoms with Gasteiger partial charge in [-0.25, -0.2) is 13.1 Å². The van der Waals surface area contributed by atoms with Crippen LogP contribution in [0.3, 0.4) is 0 Å². The maximum Gasteiger partial charge on any atom is 0.255 e. The van der Waals surface area contributed by atoms with Gasteiger partial charge in [0.25, 0.3) is 5.91 Å². The number of rotatable bonds is 8. The van der Waals surface area contributed by atoms with Crippen molar-refractivity contribution in [1.29, 1.82) is 0 Å². The van der Waals surface area contributed by atoms with E-state index in [4.69, 9.17) is 4.74 Å². The monoisotopic (exact) mass is 476 g/mol. The van der Waals surface area contributed by atoms with Crippen molar-refractivity contribution in [3.05, 3.63) is 90.6 Å². The van der Waals surface area contributed by atoms with E-state index >= 15 is 0 Å². The number of benzene rings is 3. The van der Waals surface area contributed by atoms with Crippen LogP contribution in [0, 0.1) is 0 Å². The minimum absolute atomic E-state index is 0.0623. The molecule has 3 aromatic carbocycles. The second-order valence-electron chi connectivity index (χ2n) is 7.42. The molecule has 4 aromatic rings. The first-order valence-electron chi connectivity index (χ1n) is 10.6. The van der Waals surface area contributed by atoms with E-state index in [2.05, 4.69) is 15.1 Å². The maximum atomic E-state index is 13.0. The van der Waals surface area contributed by atoms with Gasteiger partial charge in [0, 0.05) is 22.9 Å². The first-order valence-corrected chi connectivity index (χ1v) is 12.2. The summed E-state index contributed by atoms with van der Waals surface area (Å²) < 4.78 is 33.3. The van der Waals surface area contributed by atoms with Crippen LogP contribution >= 0.6 is 0 Å². The van der Waals surface area contributed by atoms with Crippen molar-refractivity contribution in [2.24, 2.45) is 0 Å². The Kier molecular flexibility index (Phi) is 6.65. The Hall–Kier alpha value is -4.11. The van der Waals surface area contributed by atoms with E-state index in [1.165, 1.54) is 7.11 Å². The summed E-state index contributed by atoms with van der Waals surface area (Å²) in [4.78, 5) is 13.0. The molecule has 1 amide bonds. The Bertz CT molecular complexity index is 1420. The normalized spacial score (nSPS) is 11.1. The predicted molar refractivity (Wildman–Crippen MR) is 133 cm³/mol. The van der Waals surface area contributed by atoms with Gasteiger partial charge in [0.05, 0.1) is 36.1 Å². The van der Waals surface area contributed by atoms with Crippen LogP contribution in [0.4, 0.5) is 11.4 Å². The Morgan fingerprint density at radius 1 is 1.00 bits per heavy atom. The van der Waals surface area contributed by atoms with Crippen LogP contribution in [-0.4, -0.2) is 37.0 Å². The van der Waals surface area contributed by atoms with Crippen molar-refractivity contribution in [2.75, 3.05) is 22.9 Å². The molecule has 34 heavy (non-hydrogen) atoms. The number of hydrogen-bond donors (Lipinski definition) is 2. The lowest BCUT2D eigenvalue weighted by atomic mass is 10.1. The molecule has 0 aliphatic rings. The van der Waals surface area contributed by atoms with Gasteiger partial charge in [-0.05, 0) is 43.3 Å². The van der Waals surface area contributed by atoms with Crippen LogP contribution in [-0.2, 0) is 10.0 Å². The van der Waals surface area contributed by atoms with Crippen LogP contribution in [0.2, 0.25) is 0 Å². The van der Waals surface area contributed by atoms with E-state index in [1.54, 1.807) is 54.2 Å². The van der Waals surface area contributed by atoms with Gasteiger partial charge in [-0.2, -0.15) is 5.10 Å². The number of ether oxygens (including phenoxy) is 1. The van der Waals surface area contributed by atoms with Crippen LogP contribution in [0.1, 0.15) is 17.3 Å². The summed E-state index contributed by atoms with van der Waals surface area (Å²) in [6, 6.07) is 23.7. The molecule has 8 nitrogen and oxygen atoms in total. The number of nitrogens with zero attached hydrogens (tertiary/aromatic N) is 2. The Balaban J connectivity index is 1.57. The summed E-state index contributed by atoms with van der Waals surface area (Å²) in [5, 5.41) is 7.26. The van der Waals surface area contributed by atoms with E-state index in [1.807, 2.05) is 42.5 Å². The van der Waals surface area contributed by atoms with Gasteiger partial charge in [-0.15, -0.1) is 0 Å². The topological polar surface area (TPSA) is 102 Å². The zero-order valence-electron chi connectivity index (χ0n) is 18.7. The first kappa shape index (κ1) is 23.1.